The molecule has 0 aliphatic rings. The molecule has 0 bridgehead atoms. The molecule has 2 aromatic carbocycles. The molecule has 0 spiro atoms. The molecule has 0 unspecified atom stereocenters. The van der Waals surface area contributed by atoms with Crippen LogP contribution < -0.4 is 10.4 Å². The highest BCUT2D eigenvalue weighted by molar-refractivity contribution is 6.99. The van der Waals surface area contributed by atoms with Gasteiger partial charge in [-0.1, -0.05) is 81.4 Å². The van der Waals surface area contributed by atoms with Crippen molar-refractivity contribution in [3.63, 3.8) is 0 Å². The van der Waals surface area contributed by atoms with Crippen molar-refractivity contribution in [1.29, 1.82) is 0 Å². The smallest absolute Gasteiger partial charge is 0.261 e. The largest absolute Gasteiger partial charge is 0.406 e. The molecule has 0 radical (unpaired) electrons. The molecule has 0 aliphatic heterocycles. The van der Waals surface area contributed by atoms with Crippen LogP contribution in [0.2, 0.25) is 5.04 Å². The molecule has 0 saturated carbocycles. The highest BCUT2D eigenvalue weighted by Gasteiger charge is 2.49. The zero-order valence-corrected chi connectivity index (χ0v) is 17.9. The minimum absolute atomic E-state index is 0.00423. The van der Waals surface area contributed by atoms with Crippen molar-refractivity contribution >= 4 is 18.7 Å². The third-order valence-electron chi connectivity index (χ3n) is 4.80. The van der Waals surface area contributed by atoms with Gasteiger partial charge in [-0.25, -0.2) is 0 Å². The number of aliphatic hydroxyl groups is 1. The Labute approximate surface area is 165 Å². The number of hydrogen-bond donors (Lipinski definition) is 1. The number of aliphatic hydroxyl groups excluding tert-OH is 1. The van der Waals surface area contributed by atoms with Gasteiger partial charge in [0.25, 0.3) is 8.32 Å². The Morgan fingerprint density at radius 1 is 0.815 bits per heavy atom. The second kappa shape index (κ2) is 10.5. The van der Waals surface area contributed by atoms with E-state index in [1.165, 1.54) is 10.4 Å². The van der Waals surface area contributed by atoms with Crippen LogP contribution in [-0.2, 0) is 4.43 Å². The zero-order valence-electron chi connectivity index (χ0n) is 16.9. The summed E-state index contributed by atoms with van der Waals surface area (Å²) in [7, 11) is -2.43. The predicted octanol–water partition coefficient (Wildman–Crippen LogP) is 4.12. The number of benzene rings is 2. The van der Waals surface area contributed by atoms with Gasteiger partial charge in [0.1, 0.15) is 0 Å². The first-order valence-corrected chi connectivity index (χ1v) is 11.7. The van der Waals surface area contributed by atoms with E-state index < -0.39 is 8.32 Å². The highest BCUT2D eigenvalue weighted by atomic mass is 28.4. The summed E-state index contributed by atoms with van der Waals surface area (Å²) >= 11 is 0. The minimum atomic E-state index is -2.43. The third-order valence-corrected chi connectivity index (χ3v) is 9.84. The Morgan fingerprint density at radius 3 is 1.81 bits per heavy atom. The molecule has 0 atom stereocenters. The molecule has 1 N–H and O–H groups in total. The van der Waals surface area contributed by atoms with Gasteiger partial charge in [0, 0.05) is 26.1 Å². The predicted molar refractivity (Wildman–Crippen MR) is 117 cm³/mol. The van der Waals surface area contributed by atoms with E-state index in [0.717, 1.165) is 25.7 Å². The van der Waals surface area contributed by atoms with Crippen molar-refractivity contribution in [2.45, 2.75) is 51.5 Å². The van der Waals surface area contributed by atoms with Crippen LogP contribution in [0.1, 0.15) is 46.5 Å². The normalized spacial score (nSPS) is 11.7. The summed E-state index contributed by atoms with van der Waals surface area (Å²) in [6.45, 7) is 7.76. The summed E-state index contributed by atoms with van der Waals surface area (Å²) in [4.78, 5) is 0. The van der Waals surface area contributed by atoms with E-state index in [2.05, 4.69) is 93.3 Å². The summed E-state index contributed by atoms with van der Waals surface area (Å²) in [5, 5.41) is 11.4. The lowest BCUT2D eigenvalue weighted by molar-refractivity contribution is 0.285. The van der Waals surface area contributed by atoms with Crippen LogP contribution in [0.4, 0.5) is 0 Å². The van der Waals surface area contributed by atoms with Crippen LogP contribution in [0.15, 0.2) is 60.7 Å². The maximum atomic E-state index is 8.83. The van der Waals surface area contributed by atoms with Crippen molar-refractivity contribution in [3.05, 3.63) is 60.7 Å². The van der Waals surface area contributed by atoms with Crippen molar-refractivity contribution in [1.82, 2.24) is 0 Å². The molecule has 0 aliphatic carbocycles. The van der Waals surface area contributed by atoms with Gasteiger partial charge in [-0.15, -0.1) is 11.8 Å². The Bertz CT molecular complexity index is 684. The maximum Gasteiger partial charge on any atom is 0.261 e. The van der Waals surface area contributed by atoms with Crippen LogP contribution in [0.25, 0.3) is 0 Å². The topological polar surface area (TPSA) is 29.5 Å². The van der Waals surface area contributed by atoms with E-state index in [-0.39, 0.29) is 11.6 Å². The Hall–Kier alpha value is -1.86. The van der Waals surface area contributed by atoms with Crippen LogP contribution in [0.3, 0.4) is 0 Å². The molecule has 0 saturated heterocycles. The summed E-state index contributed by atoms with van der Waals surface area (Å²) in [5.74, 6) is 6.44. The molecular formula is C24H32O2Si. The van der Waals surface area contributed by atoms with E-state index in [0.29, 0.717) is 6.61 Å². The molecule has 27 heavy (non-hydrogen) atoms. The molecular weight excluding hydrogens is 348 g/mol. The number of hydrogen-bond acceptors (Lipinski definition) is 2. The van der Waals surface area contributed by atoms with Crippen molar-refractivity contribution < 1.29 is 9.53 Å². The standard InChI is InChI=1S/C24H32O2Si/c1-24(2,3)27(22-16-10-8-11-17-22,23-18-12-9-13-19-23)26-21-15-7-5-4-6-14-20-25/h8-13,16-19,25H,4,6,14-15,20-21H2,1-3H3. The monoisotopic (exact) mass is 380 g/mol. The fourth-order valence-corrected chi connectivity index (χ4v) is 8.08. The van der Waals surface area contributed by atoms with Gasteiger partial charge in [-0.05, 0) is 28.3 Å². The van der Waals surface area contributed by atoms with Crippen LogP contribution in [0, 0.1) is 11.8 Å². The molecule has 0 amide bonds. The first kappa shape index (κ1) is 21.4. The van der Waals surface area contributed by atoms with Crippen LogP contribution >= 0.6 is 0 Å². The Balaban J connectivity index is 2.25. The van der Waals surface area contributed by atoms with Crippen molar-refractivity contribution in [2.24, 2.45) is 0 Å². The Kier molecular flexibility index (Phi) is 8.31. The SMILES string of the molecule is CC(C)(C)[Si](OCCC#CCCCCO)(c1ccccc1)c1ccccc1. The van der Waals surface area contributed by atoms with E-state index in [1.807, 2.05) is 0 Å². The lowest BCUT2D eigenvalue weighted by Gasteiger charge is -2.43. The number of unbranched alkanes of at least 4 members (excludes halogenated alkanes) is 2. The van der Waals surface area contributed by atoms with Gasteiger partial charge in [0.2, 0.25) is 0 Å². The Morgan fingerprint density at radius 2 is 1.33 bits per heavy atom. The molecule has 2 rings (SSSR count). The summed E-state index contributed by atoms with van der Waals surface area (Å²) < 4.78 is 6.79. The molecule has 144 valence electrons. The molecule has 2 aromatic rings. The van der Waals surface area contributed by atoms with Gasteiger partial charge in [0.15, 0.2) is 0 Å². The van der Waals surface area contributed by atoms with Gasteiger partial charge in [-0.2, -0.15) is 0 Å². The minimum Gasteiger partial charge on any atom is -0.406 e. The first-order valence-electron chi connectivity index (χ1n) is 9.84. The second-order valence-electron chi connectivity index (χ2n) is 7.80. The average molecular weight is 381 g/mol. The van der Waals surface area contributed by atoms with Gasteiger partial charge in [0.05, 0.1) is 0 Å². The van der Waals surface area contributed by atoms with Crippen molar-refractivity contribution in [3.8, 4) is 11.8 Å². The zero-order chi connectivity index (χ0) is 19.6. The molecule has 0 heterocycles. The quantitative estimate of drug-likeness (QED) is 0.424. The summed E-state index contributed by atoms with van der Waals surface area (Å²) in [5.41, 5.74) is 0. The van der Waals surface area contributed by atoms with Crippen LogP contribution in [0.5, 0.6) is 0 Å². The third kappa shape index (κ3) is 5.56. The molecule has 0 fully saturated rings. The fraction of sp³-hybridized carbons (Fsp3) is 0.417. The van der Waals surface area contributed by atoms with Crippen LogP contribution in [-0.4, -0.2) is 26.6 Å². The second-order valence-corrected chi connectivity index (χ2v) is 12.1. The molecule has 2 nitrogen and oxygen atoms in total. The fourth-order valence-electron chi connectivity index (χ4n) is 3.52. The van der Waals surface area contributed by atoms with Gasteiger partial charge in [-0.3, -0.25) is 0 Å². The highest BCUT2D eigenvalue weighted by Crippen LogP contribution is 2.36. The maximum absolute atomic E-state index is 8.83. The van der Waals surface area contributed by atoms with Crippen molar-refractivity contribution in [2.75, 3.05) is 13.2 Å². The van der Waals surface area contributed by atoms with E-state index >= 15 is 0 Å². The average Bonchev–Trinajstić information content (AvgIpc) is 2.67. The van der Waals surface area contributed by atoms with E-state index in [4.69, 9.17) is 9.53 Å². The lowest BCUT2D eigenvalue weighted by Crippen LogP contribution is -2.66. The van der Waals surface area contributed by atoms with E-state index in [1.54, 1.807) is 0 Å². The molecule has 0 aromatic heterocycles. The van der Waals surface area contributed by atoms with Gasteiger partial charge >= 0.3 is 0 Å². The summed E-state index contributed by atoms with van der Waals surface area (Å²) in [6.07, 6.45) is 3.37. The van der Waals surface area contributed by atoms with Gasteiger partial charge < -0.3 is 9.53 Å². The number of rotatable bonds is 8. The van der Waals surface area contributed by atoms with E-state index in [9.17, 15) is 0 Å². The lowest BCUT2D eigenvalue weighted by atomic mass is 10.2. The first-order chi connectivity index (χ1) is 13.0. The molecule has 3 heteroatoms. The summed E-state index contributed by atoms with van der Waals surface area (Å²) in [6, 6.07) is 21.4.